The number of hydrogen-bond acceptors (Lipinski definition) is 2. The zero-order chi connectivity index (χ0) is 13.8. The molecule has 100 valence electrons. The average Bonchev–Trinajstić information content (AvgIpc) is 2.25. The van der Waals surface area contributed by atoms with Gasteiger partial charge in [0.15, 0.2) is 0 Å². The topological polar surface area (TPSA) is 29.1 Å². The molecule has 0 heterocycles. The summed E-state index contributed by atoms with van der Waals surface area (Å²) in [4.78, 5) is 11.9. The molecular formula is C14H20BrNOS. The van der Waals surface area contributed by atoms with Crippen molar-refractivity contribution < 1.29 is 4.79 Å². The smallest absolute Gasteiger partial charge is 0.233 e. The van der Waals surface area contributed by atoms with E-state index in [1.807, 2.05) is 39.8 Å². The van der Waals surface area contributed by atoms with Crippen molar-refractivity contribution in [3.63, 3.8) is 0 Å². The fourth-order valence-electron chi connectivity index (χ4n) is 1.35. The predicted molar refractivity (Wildman–Crippen MR) is 82.8 cm³/mol. The highest BCUT2D eigenvalue weighted by molar-refractivity contribution is 9.10. The van der Waals surface area contributed by atoms with Crippen molar-refractivity contribution >= 4 is 33.6 Å². The van der Waals surface area contributed by atoms with Gasteiger partial charge in [-0.15, -0.1) is 11.8 Å². The van der Waals surface area contributed by atoms with Crippen molar-refractivity contribution in [3.05, 3.63) is 34.3 Å². The molecule has 0 radical (unpaired) electrons. The minimum absolute atomic E-state index is 0.0344. The Morgan fingerprint density at radius 3 is 2.39 bits per heavy atom. The van der Waals surface area contributed by atoms with Crippen LogP contribution in [0.5, 0.6) is 0 Å². The number of thioether (sulfide) groups is 1. The average molecular weight is 330 g/mol. The van der Waals surface area contributed by atoms with Gasteiger partial charge in [0.2, 0.25) is 5.91 Å². The van der Waals surface area contributed by atoms with Crippen LogP contribution in [0, 0.1) is 0 Å². The number of hydrogen-bond donors (Lipinski definition) is 1. The highest BCUT2D eigenvalue weighted by Gasteiger charge is 2.19. The molecule has 0 fully saturated rings. The third-order valence-corrected chi connectivity index (χ3v) is 4.02. The Bertz CT molecular complexity index is 397. The van der Waals surface area contributed by atoms with E-state index in [-0.39, 0.29) is 16.7 Å². The van der Waals surface area contributed by atoms with E-state index < -0.39 is 0 Å². The third-order valence-electron chi connectivity index (χ3n) is 2.28. The van der Waals surface area contributed by atoms with Gasteiger partial charge in [0.05, 0.1) is 5.25 Å². The Hall–Kier alpha value is -0.480. The standard InChI is InChI=1S/C14H20BrNOS/c1-10(13(17)16-14(2,3)4)18-9-11-5-7-12(15)8-6-11/h5-8,10H,9H2,1-4H3,(H,16,17)/t10-/m0/s1. The van der Waals surface area contributed by atoms with Gasteiger partial charge in [-0.2, -0.15) is 0 Å². The second-order valence-electron chi connectivity index (χ2n) is 5.32. The summed E-state index contributed by atoms with van der Waals surface area (Å²) in [6.07, 6.45) is 0. The Morgan fingerprint density at radius 1 is 1.33 bits per heavy atom. The molecule has 1 rings (SSSR count). The maximum atomic E-state index is 11.9. The highest BCUT2D eigenvalue weighted by Crippen LogP contribution is 2.20. The van der Waals surface area contributed by atoms with Crippen LogP contribution in [-0.2, 0) is 10.5 Å². The lowest BCUT2D eigenvalue weighted by Gasteiger charge is -2.23. The summed E-state index contributed by atoms with van der Waals surface area (Å²) < 4.78 is 1.08. The van der Waals surface area contributed by atoms with Gasteiger partial charge in [-0.25, -0.2) is 0 Å². The van der Waals surface area contributed by atoms with Crippen LogP contribution in [0.3, 0.4) is 0 Å². The van der Waals surface area contributed by atoms with Crippen molar-refractivity contribution in [3.8, 4) is 0 Å². The second-order valence-corrected chi connectivity index (χ2v) is 7.56. The number of halogens is 1. The zero-order valence-corrected chi connectivity index (χ0v) is 13.7. The van der Waals surface area contributed by atoms with Gasteiger partial charge in [-0.1, -0.05) is 28.1 Å². The maximum absolute atomic E-state index is 11.9. The second kappa shape index (κ2) is 6.62. The minimum Gasteiger partial charge on any atom is -0.351 e. The van der Waals surface area contributed by atoms with E-state index in [0.717, 1.165) is 10.2 Å². The quantitative estimate of drug-likeness (QED) is 0.904. The Kier molecular flexibility index (Phi) is 5.73. The van der Waals surface area contributed by atoms with E-state index >= 15 is 0 Å². The SMILES string of the molecule is C[C@H](SCc1ccc(Br)cc1)C(=O)NC(C)(C)C. The molecule has 2 nitrogen and oxygen atoms in total. The van der Waals surface area contributed by atoms with Gasteiger partial charge in [-0.05, 0) is 45.4 Å². The van der Waals surface area contributed by atoms with Gasteiger partial charge >= 0.3 is 0 Å². The van der Waals surface area contributed by atoms with E-state index in [2.05, 4.69) is 33.4 Å². The summed E-state index contributed by atoms with van der Waals surface area (Å²) in [6, 6.07) is 8.20. The van der Waals surface area contributed by atoms with Crippen molar-refractivity contribution in [2.75, 3.05) is 0 Å². The highest BCUT2D eigenvalue weighted by atomic mass is 79.9. The van der Waals surface area contributed by atoms with Crippen LogP contribution in [0.4, 0.5) is 0 Å². The van der Waals surface area contributed by atoms with Crippen LogP contribution in [0.25, 0.3) is 0 Å². The Labute approximate surface area is 122 Å². The van der Waals surface area contributed by atoms with E-state index in [4.69, 9.17) is 0 Å². The molecule has 1 aromatic rings. The number of rotatable bonds is 4. The normalized spacial score (nSPS) is 13.2. The van der Waals surface area contributed by atoms with E-state index in [1.165, 1.54) is 5.56 Å². The molecular weight excluding hydrogens is 310 g/mol. The van der Waals surface area contributed by atoms with Crippen LogP contribution in [0.2, 0.25) is 0 Å². The zero-order valence-electron chi connectivity index (χ0n) is 11.3. The molecule has 0 unspecified atom stereocenters. The molecule has 0 aromatic heterocycles. The van der Waals surface area contributed by atoms with Crippen LogP contribution < -0.4 is 5.32 Å². The van der Waals surface area contributed by atoms with Crippen LogP contribution in [-0.4, -0.2) is 16.7 Å². The molecule has 0 aliphatic rings. The number of carbonyl (C=O) groups is 1. The summed E-state index contributed by atoms with van der Waals surface area (Å²) in [6.45, 7) is 7.94. The lowest BCUT2D eigenvalue weighted by atomic mass is 10.1. The lowest BCUT2D eigenvalue weighted by Crippen LogP contribution is -2.44. The first-order valence-corrected chi connectivity index (χ1v) is 7.80. The van der Waals surface area contributed by atoms with Gasteiger partial charge in [-0.3, -0.25) is 4.79 Å². The molecule has 1 atom stereocenters. The van der Waals surface area contributed by atoms with E-state index in [1.54, 1.807) is 11.8 Å². The van der Waals surface area contributed by atoms with Gasteiger partial charge in [0.1, 0.15) is 0 Å². The summed E-state index contributed by atoms with van der Waals surface area (Å²) in [5, 5.41) is 2.96. The van der Waals surface area contributed by atoms with E-state index in [9.17, 15) is 4.79 Å². The van der Waals surface area contributed by atoms with Crippen molar-refractivity contribution in [1.29, 1.82) is 0 Å². The molecule has 1 N–H and O–H groups in total. The van der Waals surface area contributed by atoms with E-state index in [0.29, 0.717) is 0 Å². The first-order chi connectivity index (χ1) is 8.28. The molecule has 1 aromatic carbocycles. The van der Waals surface area contributed by atoms with Gasteiger partial charge in [0, 0.05) is 15.8 Å². The molecule has 0 saturated heterocycles. The summed E-state index contributed by atoms with van der Waals surface area (Å²) >= 11 is 5.07. The first-order valence-electron chi connectivity index (χ1n) is 5.96. The van der Waals surface area contributed by atoms with Gasteiger partial charge < -0.3 is 5.32 Å². The molecule has 0 spiro atoms. The van der Waals surface area contributed by atoms with Crippen molar-refractivity contribution in [1.82, 2.24) is 5.32 Å². The molecule has 0 aliphatic carbocycles. The minimum atomic E-state index is -0.163. The number of amides is 1. The third kappa shape index (κ3) is 5.91. The monoisotopic (exact) mass is 329 g/mol. The predicted octanol–water partition coefficient (Wildman–Crippen LogP) is 3.99. The lowest BCUT2D eigenvalue weighted by molar-refractivity contribution is -0.121. The van der Waals surface area contributed by atoms with Crippen LogP contribution >= 0.6 is 27.7 Å². The number of nitrogens with one attached hydrogen (secondary N) is 1. The largest absolute Gasteiger partial charge is 0.351 e. The Morgan fingerprint density at radius 2 is 1.89 bits per heavy atom. The Balaban J connectivity index is 2.43. The fourth-order valence-corrected chi connectivity index (χ4v) is 2.46. The van der Waals surface area contributed by atoms with Crippen molar-refractivity contribution in [2.45, 2.75) is 44.2 Å². The summed E-state index contributed by atoms with van der Waals surface area (Å²) in [5.41, 5.74) is 1.07. The fraction of sp³-hybridized carbons (Fsp3) is 0.500. The maximum Gasteiger partial charge on any atom is 0.233 e. The first kappa shape index (κ1) is 15.6. The van der Waals surface area contributed by atoms with Gasteiger partial charge in [0.25, 0.3) is 0 Å². The summed E-state index contributed by atoms with van der Waals surface area (Å²) in [7, 11) is 0. The van der Waals surface area contributed by atoms with Crippen LogP contribution in [0.1, 0.15) is 33.3 Å². The van der Waals surface area contributed by atoms with Crippen molar-refractivity contribution in [2.24, 2.45) is 0 Å². The molecule has 0 bridgehead atoms. The molecule has 18 heavy (non-hydrogen) atoms. The molecule has 0 aliphatic heterocycles. The molecule has 1 amide bonds. The summed E-state index contributed by atoms with van der Waals surface area (Å²) in [5.74, 6) is 0.955. The number of benzene rings is 1. The number of carbonyl (C=O) groups excluding carboxylic acids is 1. The molecule has 0 saturated carbocycles. The molecule has 4 heteroatoms. The van der Waals surface area contributed by atoms with Crippen LogP contribution in [0.15, 0.2) is 28.7 Å².